The summed E-state index contributed by atoms with van der Waals surface area (Å²) in [5, 5.41) is 5.28. The predicted molar refractivity (Wildman–Crippen MR) is 124 cm³/mol. The molecule has 37 heavy (non-hydrogen) atoms. The Balaban J connectivity index is 1.42. The van der Waals surface area contributed by atoms with E-state index >= 15 is 0 Å². The van der Waals surface area contributed by atoms with E-state index in [2.05, 4.69) is 35.6 Å². The molecule has 1 amide bonds. The van der Waals surface area contributed by atoms with Crippen LogP contribution in [-0.4, -0.2) is 30.8 Å². The molecule has 0 saturated heterocycles. The summed E-state index contributed by atoms with van der Waals surface area (Å²) < 4.78 is 66.7. The first-order valence-corrected chi connectivity index (χ1v) is 10.5. The lowest BCUT2D eigenvalue weighted by Gasteiger charge is -2.13. The summed E-state index contributed by atoms with van der Waals surface area (Å²) in [4.78, 5) is 32.3. The minimum Gasteiger partial charge on any atom is -0.340 e. The number of carbonyl (C=O) groups excluding carboxylic acids is 1. The summed E-state index contributed by atoms with van der Waals surface area (Å²) >= 11 is 0. The lowest BCUT2D eigenvalue weighted by Crippen LogP contribution is -2.15. The van der Waals surface area contributed by atoms with Gasteiger partial charge in [-0.05, 0) is 48.5 Å². The van der Waals surface area contributed by atoms with E-state index in [0.717, 1.165) is 12.1 Å². The number of hydrogen-bond acceptors (Lipinski definition) is 6. The molecule has 3 aromatic heterocycles. The van der Waals surface area contributed by atoms with Crippen molar-refractivity contribution in [3.05, 3.63) is 90.1 Å². The second-order valence-electron chi connectivity index (χ2n) is 7.69. The fourth-order valence-corrected chi connectivity index (χ4v) is 3.57. The van der Waals surface area contributed by atoms with E-state index in [1.54, 1.807) is 12.1 Å². The van der Waals surface area contributed by atoms with Crippen molar-refractivity contribution in [1.82, 2.24) is 24.9 Å². The van der Waals surface area contributed by atoms with Crippen LogP contribution in [0.25, 0.3) is 22.4 Å². The number of imidazole rings is 1. The fraction of sp³-hybridized carbons (Fsp3) is 0.0417. The Labute approximate surface area is 204 Å². The van der Waals surface area contributed by atoms with E-state index in [-0.39, 0.29) is 5.69 Å². The van der Waals surface area contributed by atoms with Gasteiger partial charge in [-0.25, -0.2) is 28.7 Å². The number of pyridine rings is 1. The van der Waals surface area contributed by atoms with Gasteiger partial charge in [0.05, 0.1) is 17.6 Å². The predicted octanol–water partition coefficient (Wildman–Crippen LogP) is 5.71. The number of nitrogens with zero attached hydrogens (tertiary/aromatic N) is 4. The fourth-order valence-electron chi connectivity index (χ4n) is 3.57. The molecule has 0 radical (unpaired) electrons. The number of rotatable bonds is 5. The molecular weight excluding hydrogens is 497 g/mol. The third-order valence-electron chi connectivity index (χ3n) is 5.29. The molecule has 3 heterocycles. The molecule has 5 aromatic rings. The number of halogens is 5. The average Bonchev–Trinajstić information content (AvgIpc) is 3.35. The van der Waals surface area contributed by atoms with Gasteiger partial charge >= 0.3 is 6.18 Å². The van der Waals surface area contributed by atoms with Crippen molar-refractivity contribution in [1.29, 1.82) is 0 Å². The molecule has 2 aromatic carbocycles. The standard InChI is InChI=1S/C24H14F5N7O/c25-16-6-4-13(9-18(16)36-23(37)12-3-5-15(17(26)8-12)24(27,28)29)35-21-14(2-1-7-30-21)19-20-22(33-10-31-19)34-11-32-20/h1-11H,(H,30,35)(H,36,37)(H,31,32,33,34). The van der Waals surface area contributed by atoms with E-state index in [9.17, 15) is 26.7 Å². The van der Waals surface area contributed by atoms with Crippen LogP contribution in [0.2, 0.25) is 0 Å². The maximum atomic E-state index is 14.5. The zero-order chi connectivity index (χ0) is 26.2. The van der Waals surface area contributed by atoms with Crippen molar-refractivity contribution in [2.24, 2.45) is 0 Å². The summed E-state index contributed by atoms with van der Waals surface area (Å²) in [6.45, 7) is 0. The topological polar surface area (TPSA) is 108 Å². The highest BCUT2D eigenvalue weighted by Crippen LogP contribution is 2.33. The first-order chi connectivity index (χ1) is 17.7. The number of amides is 1. The van der Waals surface area contributed by atoms with E-state index in [4.69, 9.17) is 0 Å². The number of aromatic nitrogens is 5. The molecule has 13 heteroatoms. The lowest BCUT2D eigenvalue weighted by atomic mass is 10.1. The quantitative estimate of drug-likeness (QED) is 0.261. The van der Waals surface area contributed by atoms with Crippen molar-refractivity contribution < 1.29 is 26.7 Å². The second kappa shape index (κ2) is 9.26. The van der Waals surface area contributed by atoms with Crippen LogP contribution in [-0.2, 0) is 6.18 Å². The van der Waals surface area contributed by atoms with Crippen molar-refractivity contribution in [3.8, 4) is 11.3 Å². The average molecular weight is 511 g/mol. The molecule has 0 atom stereocenters. The van der Waals surface area contributed by atoms with Crippen LogP contribution in [0.5, 0.6) is 0 Å². The summed E-state index contributed by atoms with van der Waals surface area (Å²) in [5.41, 5.74) is 0.192. The Morgan fingerprint density at radius 2 is 1.76 bits per heavy atom. The minimum absolute atomic E-state index is 0.287. The van der Waals surface area contributed by atoms with Gasteiger partial charge < -0.3 is 15.6 Å². The molecule has 0 fully saturated rings. The van der Waals surface area contributed by atoms with E-state index in [1.165, 1.54) is 31.0 Å². The Hall–Kier alpha value is -4.94. The highest BCUT2D eigenvalue weighted by Gasteiger charge is 2.34. The number of aromatic amines is 1. The lowest BCUT2D eigenvalue weighted by molar-refractivity contribution is -0.140. The van der Waals surface area contributed by atoms with Crippen LogP contribution >= 0.6 is 0 Å². The highest BCUT2D eigenvalue weighted by atomic mass is 19.4. The maximum Gasteiger partial charge on any atom is 0.419 e. The van der Waals surface area contributed by atoms with E-state index < -0.39 is 34.8 Å². The van der Waals surface area contributed by atoms with Crippen molar-refractivity contribution in [3.63, 3.8) is 0 Å². The number of alkyl halides is 3. The third kappa shape index (κ3) is 4.78. The number of H-pyrrole nitrogens is 1. The van der Waals surface area contributed by atoms with Crippen molar-refractivity contribution in [2.75, 3.05) is 10.6 Å². The largest absolute Gasteiger partial charge is 0.419 e. The van der Waals surface area contributed by atoms with Gasteiger partial charge in [0.2, 0.25) is 0 Å². The van der Waals surface area contributed by atoms with Crippen LogP contribution in [0.15, 0.2) is 67.4 Å². The number of fused-ring (bicyclic) bond motifs is 1. The van der Waals surface area contributed by atoms with Gasteiger partial charge in [0.15, 0.2) is 5.65 Å². The molecule has 0 aliphatic rings. The summed E-state index contributed by atoms with van der Waals surface area (Å²) in [6.07, 6.45) is -0.545. The molecule has 0 aliphatic heterocycles. The molecule has 5 rings (SSSR count). The molecular formula is C24H14F5N7O. The summed E-state index contributed by atoms with van der Waals surface area (Å²) in [7, 11) is 0. The zero-order valence-corrected chi connectivity index (χ0v) is 18.4. The van der Waals surface area contributed by atoms with Gasteiger partial charge in [-0.3, -0.25) is 4.79 Å². The van der Waals surface area contributed by atoms with Gasteiger partial charge in [0, 0.05) is 23.0 Å². The van der Waals surface area contributed by atoms with Gasteiger partial charge in [0.1, 0.15) is 35.0 Å². The first-order valence-electron chi connectivity index (χ1n) is 10.5. The SMILES string of the molecule is O=C(Nc1cc(Nc2ncccc2-c2ncnc3[nH]cnc23)ccc1F)c1ccc(C(F)(F)F)c(F)c1. The zero-order valence-electron chi connectivity index (χ0n) is 18.4. The van der Waals surface area contributed by atoms with E-state index in [1.807, 2.05) is 0 Å². The molecule has 0 saturated carbocycles. The highest BCUT2D eigenvalue weighted by molar-refractivity contribution is 6.04. The Morgan fingerprint density at radius 1 is 0.919 bits per heavy atom. The number of anilines is 3. The Bertz CT molecular complexity index is 1630. The van der Waals surface area contributed by atoms with Gasteiger partial charge in [-0.1, -0.05) is 0 Å². The van der Waals surface area contributed by atoms with Gasteiger partial charge in [0.25, 0.3) is 5.91 Å². The van der Waals surface area contributed by atoms with E-state index in [0.29, 0.717) is 46.1 Å². The second-order valence-corrected chi connectivity index (χ2v) is 7.69. The summed E-state index contributed by atoms with van der Waals surface area (Å²) in [6, 6.07) is 8.86. The molecule has 186 valence electrons. The van der Waals surface area contributed by atoms with Gasteiger partial charge in [-0.2, -0.15) is 13.2 Å². The Kier molecular flexibility index (Phi) is 5.95. The van der Waals surface area contributed by atoms with Crippen LogP contribution < -0.4 is 10.6 Å². The number of hydrogen-bond donors (Lipinski definition) is 3. The smallest absolute Gasteiger partial charge is 0.340 e. The molecule has 3 N–H and O–H groups in total. The molecule has 0 bridgehead atoms. The maximum absolute atomic E-state index is 14.5. The molecule has 0 unspecified atom stereocenters. The van der Waals surface area contributed by atoms with Crippen LogP contribution in [0.1, 0.15) is 15.9 Å². The van der Waals surface area contributed by atoms with Crippen molar-refractivity contribution in [2.45, 2.75) is 6.18 Å². The number of nitrogens with one attached hydrogen (secondary N) is 3. The molecule has 8 nitrogen and oxygen atoms in total. The third-order valence-corrected chi connectivity index (χ3v) is 5.29. The monoisotopic (exact) mass is 511 g/mol. The normalized spacial score (nSPS) is 11.5. The summed E-state index contributed by atoms with van der Waals surface area (Å²) in [5.74, 6) is -3.08. The Morgan fingerprint density at radius 3 is 2.54 bits per heavy atom. The van der Waals surface area contributed by atoms with Gasteiger partial charge in [-0.15, -0.1) is 0 Å². The number of carbonyl (C=O) groups is 1. The van der Waals surface area contributed by atoms with Crippen LogP contribution in [0, 0.1) is 11.6 Å². The minimum atomic E-state index is -4.91. The van der Waals surface area contributed by atoms with Crippen LogP contribution in [0.3, 0.4) is 0 Å². The van der Waals surface area contributed by atoms with Crippen molar-refractivity contribution >= 4 is 34.3 Å². The molecule has 0 aliphatic carbocycles. The first kappa shape index (κ1) is 23.8. The molecule has 0 spiro atoms. The number of benzene rings is 2. The van der Waals surface area contributed by atoms with Crippen LogP contribution in [0.4, 0.5) is 39.1 Å².